The molecule has 1 N–H and O–H groups in total. The SMILES string of the molecule is COc1cc(C(C)Nc2ccc3oc(C4CC4)nc3c2)ccc1S(C)(=O)=O. The van der Waals surface area contributed by atoms with E-state index in [-0.39, 0.29) is 10.9 Å². The van der Waals surface area contributed by atoms with Gasteiger partial charge < -0.3 is 14.5 Å². The lowest BCUT2D eigenvalue weighted by atomic mass is 10.1. The largest absolute Gasteiger partial charge is 0.495 e. The molecule has 0 saturated heterocycles. The lowest BCUT2D eigenvalue weighted by molar-refractivity contribution is 0.402. The monoisotopic (exact) mass is 386 g/mol. The highest BCUT2D eigenvalue weighted by Gasteiger charge is 2.28. The summed E-state index contributed by atoms with van der Waals surface area (Å²) in [5.41, 5.74) is 3.50. The number of sulfone groups is 1. The van der Waals surface area contributed by atoms with Crippen molar-refractivity contribution in [1.82, 2.24) is 4.98 Å². The van der Waals surface area contributed by atoms with Gasteiger partial charge in [0.05, 0.1) is 7.11 Å². The normalized spacial score (nSPS) is 15.7. The van der Waals surface area contributed by atoms with Crippen LogP contribution in [0.25, 0.3) is 11.1 Å². The van der Waals surface area contributed by atoms with E-state index in [0.29, 0.717) is 11.7 Å². The summed E-state index contributed by atoms with van der Waals surface area (Å²) in [5.74, 6) is 1.66. The minimum Gasteiger partial charge on any atom is -0.495 e. The molecule has 1 heterocycles. The third-order valence-electron chi connectivity index (χ3n) is 4.80. The first-order chi connectivity index (χ1) is 12.8. The Hall–Kier alpha value is -2.54. The van der Waals surface area contributed by atoms with Gasteiger partial charge in [0.1, 0.15) is 16.2 Å². The van der Waals surface area contributed by atoms with E-state index in [9.17, 15) is 8.42 Å². The van der Waals surface area contributed by atoms with Crippen molar-refractivity contribution in [1.29, 1.82) is 0 Å². The van der Waals surface area contributed by atoms with Crippen LogP contribution in [-0.4, -0.2) is 26.8 Å². The molecule has 0 bridgehead atoms. The molecular weight excluding hydrogens is 364 g/mol. The number of rotatable bonds is 6. The molecular formula is C20H22N2O4S. The fraction of sp³-hybridized carbons (Fsp3) is 0.350. The predicted molar refractivity (Wildman–Crippen MR) is 104 cm³/mol. The minimum atomic E-state index is -3.34. The average Bonchev–Trinajstić information content (AvgIpc) is 3.40. The topological polar surface area (TPSA) is 81.4 Å². The number of ether oxygens (including phenoxy) is 1. The Morgan fingerprint density at radius 1 is 1.22 bits per heavy atom. The predicted octanol–water partition coefficient (Wildman–Crippen LogP) is 4.29. The highest BCUT2D eigenvalue weighted by atomic mass is 32.2. The molecule has 0 radical (unpaired) electrons. The van der Waals surface area contributed by atoms with Crippen molar-refractivity contribution in [3.63, 3.8) is 0 Å². The Morgan fingerprint density at radius 2 is 2.00 bits per heavy atom. The smallest absolute Gasteiger partial charge is 0.198 e. The quantitative estimate of drug-likeness (QED) is 0.681. The van der Waals surface area contributed by atoms with Crippen molar-refractivity contribution in [3.8, 4) is 5.75 Å². The summed E-state index contributed by atoms with van der Waals surface area (Å²) in [7, 11) is -1.86. The van der Waals surface area contributed by atoms with E-state index in [0.717, 1.165) is 41.1 Å². The van der Waals surface area contributed by atoms with Gasteiger partial charge in [0.2, 0.25) is 0 Å². The van der Waals surface area contributed by atoms with Gasteiger partial charge in [-0.25, -0.2) is 13.4 Å². The lowest BCUT2D eigenvalue weighted by Gasteiger charge is -2.17. The van der Waals surface area contributed by atoms with E-state index in [4.69, 9.17) is 9.15 Å². The number of nitrogens with one attached hydrogen (secondary N) is 1. The zero-order valence-corrected chi connectivity index (χ0v) is 16.3. The van der Waals surface area contributed by atoms with Gasteiger partial charge in [0.25, 0.3) is 0 Å². The molecule has 2 aromatic carbocycles. The van der Waals surface area contributed by atoms with E-state index in [1.165, 1.54) is 13.4 Å². The first-order valence-electron chi connectivity index (χ1n) is 8.90. The van der Waals surface area contributed by atoms with E-state index in [2.05, 4.69) is 10.3 Å². The number of anilines is 1. The molecule has 4 rings (SSSR count). The Kier molecular flexibility index (Phi) is 4.34. The summed E-state index contributed by atoms with van der Waals surface area (Å²) in [5, 5.41) is 3.43. The Bertz CT molecular complexity index is 1100. The standard InChI is InChI=1S/C20H22N2O4S/c1-12(14-6-9-19(27(3,23)24)18(10-14)25-2)21-15-7-8-17-16(11-15)22-20(26-17)13-4-5-13/h6-13,21H,4-5H2,1-3H3. The van der Waals surface area contributed by atoms with Crippen LogP contribution in [0.2, 0.25) is 0 Å². The second-order valence-corrected chi connectivity index (χ2v) is 9.04. The second kappa shape index (κ2) is 6.56. The van der Waals surface area contributed by atoms with Crippen molar-refractivity contribution in [3.05, 3.63) is 47.9 Å². The molecule has 7 heteroatoms. The van der Waals surface area contributed by atoms with Crippen molar-refractivity contribution >= 4 is 26.6 Å². The van der Waals surface area contributed by atoms with Gasteiger partial charge in [-0.1, -0.05) is 6.07 Å². The van der Waals surface area contributed by atoms with Crippen molar-refractivity contribution in [2.75, 3.05) is 18.7 Å². The molecule has 0 amide bonds. The van der Waals surface area contributed by atoms with Gasteiger partial charge in [-0.3, -0.25) is 0 Å². The van der Waals surface area contributed by atoms with Crippen LogP contribution in [0.5, 0.6) is 5.75 Å². The number of nitrogens with zero attached hydrogens (tertiary/aromatic N) is 1. The molecule has 1 aromatic heterocycles. The number of benzene rings is 2. The Balaban J connectivity index is 1.58. The van der Waals surface area contributed by atoms with Crippen LogP contribution in [0.1, 0.15) is 43.2 Å². The fourth-order valence-corrected chi connectivity index (χ4v) is 3.96. The number of hydrogen-bond acceptors (Lipinski definition) is 6. The van der Waals surface area contributed by atoms with E-state index in [1.54, 1.807) is 18.2 Å². The third-order valence-corrected chi connectivity index (χ3v) is 5.94. The molecule has 6 nitrogen and oxygen atoms in total. The molecule has 27 heavy (non-hydrogen) atoms. The highest BCUT2D eigenvalue weighted by molar-refractivity contribution is 7.90. The zero-order chi connectivity index (χ0) is 19.2. The zero-order valence-electron chi connectivity index (χ0n) is 15.5. The summed E-state index contributed by atoms with van der Waals surface area (Å²) in [6.45, 7) is 2.01. The summed E-state index contributed by atoms with van der Waals surface area (Å²) < 4.78 is 34.8. The molecule has 0 spiro atoms. The van der Waals surface area contributed by atoms with Crippen LogP contribution in [0.3, 0.4) is 0 Å². The van der Waals surface area contributed by atoms with Gasteiger partial charge in [0.15, 0.2) is 21.3 Å². The van der Waals surface area contributed by atoms with E-state index >= 15 is 0 Å². The molecule has 0 aliphatic heterocycles. The number of aromatic nitrogens is 1. The van der Waals surface area contributed by atoms with E-state index < -0.39 is 9.84 Å². The molecule has 1 saturated carbocycles. The van der Waals surface area contributed by atoms with Crippen LogP contribution in [0.15, 0.2) is 45.7 Å². The Morgan fingerprint density at radius 3 is 2.67 bits per heavy atom. The molecule has 1 fully saturated rings. The molecule has 1 aliphatic rings. The van der Waals surface area contributed by atoms with Gasteiger partial charge in [-0.2, -0.15) is 0 Å². The van der Waals surface area contributed by atoms with Gasteiger partial charge in [-0.05, 0) is 55.7 Å². The van der Waals surface area contributed by atoms with Crippen LogP contribution >= 0.6 is 0 Å². The molecule has 1 atom stereocenters. The van der Waals surface area contributed by atoms with Crippen molar-refractivity contribution in [2.24, 2.45) is 0 Å². The van der Waals surface area contributed by atoms with Crippen molar-refractivity contribution in [2.45, 2.75) is 36.6 Å². The van der Waals surface area contributed by atoms with Crippen LogP contribution < -0.4 is 10.1 Å². The van der Waals surface area contributed by atoms with Crippen LogP contribution in [-0.2, 0) is 9.84 Å². The number of oxazole rings is 1. The van der Waals surface area contributed by atoms with Gasteiger partial charge in [0, 0.05) is 23.9 Å². The maximum absolute atomic E-state index is 11.9. The first kappa shape index (κ1) is 17.9. The van der Waals surface area contributed by atoms with Crippen LogP contribution in [0.4, 0.5) is 5.69 Å². The molecule has 1 unspecified atom stereocenters. The highest BCUT2D eigenvalue weighted by Crippen LogP contribution is 2.40. The lowest BCUT2D eigenvalue weighted by Crippen LogP contribution is -2.08. The number of hydrogen-bond donors (Lipinski definition) is 1. The number of methoxy groups -OCH3 is 1. The average molecular weight is 386 g/mol. The third kappa shape index (κ3) is 3.64. The maximum atomic E-state index is 11.9. The number of fused-ring (bicyclic) bond motifs is 1. The molecule has 1 aliphatic carbocycles. The van der Waals surface area contributed by atoms with Gasteiger partial charge >= 0.3 is 0 Å². The fourth-order valence-electron chi connectivity index (χ4n) is 3.13. The van der Waals surface area contributed by atoms with Gasteiger partial charge in [-0.15, -0.1) is 0 Å². The summed E-state index contributed by atoms with van der Waals surface area (Å²) in [4.78, 5) is 4.78. The summed E-state index contributed by atoms with van der Waals surface area (Å²) in [6.07, 6.45) is 3.48. The first-order valence-corrected chi connectivity index (χ1v) is 10.8. The molecule has 142 valence electrons. The van der Waals surface area contributed by atoms with Crippen molar-refractivity contribution < 1.29 is 17.6 Å². The Labute approximate surface area is 158 Å². The molecule has 3 aromatic rings. The summed E-state index contributed by atoms with van der Waals surface area (Å²) >= 11 is 0. The van der Waals surface area contributed by atoms with Crippen LogP contribution in [0, 0.1) is 0 Å². The summed E-state index contributed by atoms with van der Waals surface area (Å²) in [6, 6.07) is 11.0. The maximum Gasteiger partial charge on any atom is 0.198 e. The second-order valence-electron chi connectivity index (χ2n) is 7.06. The minimum absolute atomic E-state index is 0.0419. The van der Waals surface area contributed by atoms with E-state index in [1.807, 2.05) is 25.1 Å².